The van der Waals surface area contributed by atoms with Crippen LogP contribution in [-0.2, 0) is 63.1 Å². The molecule has 470 valence electrons. The van der Waals surface area contributed by atoms with Crippen molar-refractivity contribution < 1.29 is 61.2 Å². The highest BCUT2D eigenvalue weighted by Gasteiger charge is 2.36. The van der Waals surface area contributed by atoms with Crippen LogP contribution in [0.25, 0.3) is 0 Å². The van der Waals surface area contributed by atoms with Crippen molar-refractivity contribution in [3.8, 4) is 5.75 Å². The number of amides is 9. The number of aromatic hydroxyl groups is 1. The molecule has 0 saturated carbocycles. The second kappa shape index (κ2) is 33.3. The lowest BCUT2D eigenvalue weighted by Crippen LogP contribution is -2.59. The van der Waals surface area contributed by atoms with E-state index in [1.54, 1.807) is 30.3 Å². The summed E-state index contributed by atoms with van der Waals surface area (Å²) < 4.78 is 32.8. The maximum Gasteiger partial charge on any atom is 0.295 e. The molecule has 1 aliphatic heterocycles. The van der Waals surface area contributed by atoms with E-state index in [0.717, 1.165) is 5.56 Å². The van der Waals surface area contributed by atoms with Crippen molar-refractivity contribution in [3.63, 3.8) is 0 Å². The van der Waals surface area contributed by atoms with Gasteiger partial charge in [-0.25, -0.2) is 4.98 Å². The van der Waals surface area contributed by atoms with E-state index in [-0.39, 0.29) is 89.3 Å². The molecule has 5 aromatic rings. The molecule has 26 nitrogen and oxygen atoms in total. The average Bonchev–Trinajstić information content (AvgIpc) is 4.14. The summed E-state index contributed by atoms with van der Waals surface area (Å²) in [6.45, 7) is 8.66. The molecular formula is C61H77N13O13S. The molecule has 6 rings (SSSR count). The van der Waals surface area contributed by atoms with Crippen LogP contribution < -0.4 is 54.3 Å². The third-order valence-corrected chi connectivity index (χ3v) is 14.8. The van der Waals surface area contributed by atoms with Gasteiger partial charge in [-0.05, 0) is 110 Å². The minimum absolute atomic E-state index is 0. The van der Waals surface area contributed by atoms with Gasteiger partial charge in [0, 0.05) is 43.8 Å². The molecule has 0 bridgehead atoms. The summed E-state index contributed by atoms with van der Waals surface area (Å²) in [5.41, 5.74) is 9.84. The first-order chi connectivity index (χ1) is 41.4. The van der Waals surface area contributed by atoms with Gasteiger partial charge in [-0.2, -0.15) is 13.5 Å². The molecule has 0 radical (unpaired) electrons. The molecule has 1 aliphatic rings. The largest absolute Gasteiger partial charge is 0.508 e. The van der Waals surface area contributed by atoms with Crippen LogP contribution in [0.1, 0.15) is 110 Å². The number of pyridine rings is 1. The number of anilines is 1. The summed E-state index contributed by atoms with van der Waals surface area (Å²) in [6, 6.07) is 24.3. The van der Waals surface area contributed by atoms with Crippen molar-refractivity contribution in [3.05, 3.63) is 155 Å². The standard InChI is InChI=1S/C61H74N12O13S.H3N/c1-37(2)30-48(69-61(83)51-15-11-29-73(51)39(5)74)57(79)64-36-54(76)66-47(27-21-40-12-7-6-8-13-40)58(80)68-50(32-41-19-25-46(75)26-20-41)59(81)67-49(31-38(3)4)60(82)72-71-56(78)43-22-17-42(18-23-43)33-63-55(77)45-24-28-53(62-34-45)70-65-35-44-14-9-10-16-52(44)87(84,85)86;/h6-10,12-14,16-20,22-26,28,34-35,37-38,47-51,75H,11,15,21,27,29-33,36H2,1-5H3,(H,62,70)(H,63,77)(H,64,79)(H,66,76)(H,67,81)(H,68,80)(H,69,83)(H,71,78)(H,72,82)(H,84,85,86);1H3/b65-35+;/t47-,48-,49-,50-,51-;/m0./s1. The smallest absolute Gasteiger partial charge is 0.295 e. The number of hydrogen-bond donors (Lipinski definition) is 12. The Morgan fingerprint density at radius 3 is 1.91 bits per heavy atom. The van der Waals surface area contributed by atoms with Gasteiger partial charge >= 0.3 is 0 Å². The van der Waals surface area contributed by atoms with E-state index in [0.29, 0.717) is 36.9 Å². The summed E-state index contributed by atoms with van der Waals surface area (Å²) in [6.07, 6.45) is 4.13. The molecule has 4 aromatic carbocycles. The number of hydrazine groups is 1. The van der Waals surface area contributed by atoms with Crippen LogP contribution in [0, 0.1) is 11.8 Å². The Kier molecular flexibility index (Phi) is 26.2. The van der Waals surface area contributed by atoms with Gasteiger partial charge < -0.3 is 48.1 Å². The van der Waals surface area contributed by atoms with E-state index in [1.807, 2.05) is 58.0 Å². The SMILES string of the molecule is CC(=O)N1CCC[C@H]1C(=O)N[C@@H](CC(C)C)C(=O)NCC(=O)N[C@@H](CCc1ccccc1)C(=O)N[C@@H](Cc1ccc(O)cc1)C(=O)N[C@@H](CC(C)C)C(=O)NNC(=O)c1ccc(CNC(=O)c2ccc(N/N=C/c3ccccc3S(=O)(=O)O)nc2)cc1.N. The Bertz CT molecular complexity index is 3370. The number of nitrogens with zero attached hydrogens (tertiary/aromatic N) is 3. The van der Waals surface area contributed by atoms with Gasteiger partial charge in [-0.15, -0.1) is 0 Å². The average molecular weight is 1230 g/mol. The Morgan fingerprint density at radius 1 is 0.659 bits per heavy atom. The first-order valence-corrected chi connectivity index (χ1v) is 29.7. The number of carbonyl (C=O) groups is 9. The monoisotopic (exact) mass is 1230 g/mol. The maximum absolute atomic E-state index is 14.4. The minimum atomic E-state index is -4.48. The number of carbonyl (C=O) groups excluding carboxylic acids is 9. The molecule has 5 atom stereocenters. The number of nitrogens with one attached hydrogen (secondary N) is 9. The van der Waals surface area contributed by atoms with Gasteiger partial charge in [0.15, 0.2) is 0 Å². The lowest BCUT2D eigenvalue weighted by Gasteiger charge is -2.27. The van der Waals surface area contributed by atoms with Gasteiger partial charge in [-0.3, -0.25) is 64.0 Å². The summed E-state index contributed by atoms with van der Waals surface area (Å²) in [5, 5.41) is 30.3. The molecule has 1 saturated heterocycles. The fourth-order valence-electron chi connectivity index (χ4n) is 9.39. The van der Waals surface area contributed by atoms with Crippen LogP contribution in [0.15, 0.2) is 131 Å². The number of hydrogen-bond acceptors (Lipinski definition) is 16. The van der Waals surface area contributed by atoms with Crippen molar-refractivity contribution in [2.45, 2.75) is 121 Å². The zero-order valence-corrected chi connectivity index (χ0v) is 50.4. The maximum atomic E-state index is 14.4. The Hall–Kier alpha value is -9.60. The predicted octanol–water partition coefficient (Wildman–Crippen LogP) is 3.37. The molecule has 0 unspecified atom stereocenters. The fourth-order valence-corrected chi connectivity index (χ4v) is 10.1. The van der Waals surface area contributed by atoms with Gasteiger partial charge in [-0.1, -0.05) is 100 Å². The molecule has 1 fully saturated rings. The molecule has 2 heterocycles. The zero-order chi connectivity index (χ0) is 63.2. The summed E-state index contributed by atoms with van der Waals surface area (Å²) in [4.78, 5) is 127. The van der Waals surface area contributed by atoms with Crippen molar-refractivity contribution in [2.24, 2.45) is 16.9 Å². The molecule has 14 N–H and O–H groups in total. The topological polar surface area (TPSA) is 400 Å². The van der Waals surface area contributed by atoms with Crippen LogP contribution >= 0.6 is 0 Å². The highest BCUT2D eigenvalue weighted by molar-refractivity contribution is 7.86. The molecule has 0 spiro atoms. The highest BCUT2D eigenvalue weighted by atomic mass is 32.2. The fraction of sp³-hybridized carbons (Fsp3) is 0.361. The van der Waals surface area contributed by atoms with Crippen molar-refractivity contribution in [1.29, 1.82) is 0 Å². The van der Waals surface area contributed by atoms with Crippen LogP contribution in [-0.4, -0.2) is 131 Å². The summed E-state index contributed by atoms with van der Waals surface area (Å²) in [7, 11) is -4.48. The quantitative estimate of drug-likeness (QED) is 0.0194. The zero-order valence-electron chi connectivity index (χ0n) is 49.6. The number of phenolic OH excluding ortho intramolecular Hbond substituents is 1. The van der Waals surface area contributed by atoms with Crippen molar-refractivity contribution in [1.82, 2.24) is 58.8 Å². The third-order valence-electron chi connectivity index (χ3n) is 13.9. The van der Waals surface area contributed by atoms with Gasteiger partial charge in [0.25, 0.3) is 27.8 Å². The van der Waals surface area contributed by atoms with E-state index in [1.165, 1.54) is 78.8 Å². The molecule has 0 aliphatic carbocycles. The van der Waals surface area contributed by atoms with Gasteiger partial charge in [0.2, 0.25) is 35.4 Å². The first kappa shape index (κ1) is 69.2. The Labute approximate surface area is 510 Å². The number of likely N-dealkylation sites (tertiary alicyclic amines) is 1. The number of aryl methyl sites for hydroxylation is 1. The number of aromatic nitrogens is 1. The van der Waals surface area contributed by atoms with E-state index >= 15 is 0 Å². The van der Waals surface area contributed by atoms with Gasteiger partial charge in [0.05, 0.1) is 18.3 Å². The lowest BCUT2D eigenvalue weighted by atomic mass is 10.00. The van der Waals surface area contributed by atoms with Crippen molar-refractivity contribution >= 4 is 75.3 Å². The van der Waals surface area contributed by atoms with Crippen LogP contribution in [0.2, 0.25) is 0 Å². The molecular weight excluding hydrogens is 1150 g/mol. The van der Waals surface area contributed by atoms with E-state index in [9.17, 15) is 61.2 Å². The van der Waals surface area contributed by atoms with Crippen molar-refractivity contribution in [2.75, 3.05) is 18.5 Å². The van der Waals surface area contributed by atoms with E-state index < -0.39 is 94.1 Å². The van der Waals surface area contributed by atoms with Crippen LogP contribution in [0.3, 0.4) is 0 Å². The Morgan fingerprint density at radius 2 is 1.27 bits per heavy atom. The lowest BCUT2D eigenvalue weighted by molar-refractivity contribution is -0.138. The second-order valence-corrected chi connectivity index (χ2v) is 23.1. The Balaban J connectivity index is 0.0000141. The third kappa shape index (κ3) is 21.7. The van der Waals surface area contributed by atoms with Crippen LogP contribution in [0.5, 0.6) is 5.75 Å². The van der Waals surface area contributed by atoms with Crippen LogP contribution in [0.4, 0.5) is 5.82 Å². The molecule has 9 amide bonds. The number of benzene rings is 4. The minimum Gasteiger partial charge on any atom is -0.508 e. The molecule has 88 heavy (non-hydrogen) atoms. The number of rotatable bonds is 28. The summed E-state index contributed by atoms with van der Waals surface area (Å²) in [5.74, 6) is -5.64. The molecule has 27 heteroatoms. The summed E-state index contributed by atoms with van der Waals surface area (Å²) >= 11 is 0. The number of hydrazone groups is 1. The molecule has 1 aromatic heterocycles. The predicted molar refractivity (Wildman–Crippen MR) is 327 cm³/mol. The highest BCUT2D eigenvalue weighted by Crippen LogP contribution is 2.20. The van der Waals surface area contributed by atoms with E-state index in [2.05, 4.69) is 58.3 Å². The van der Waals surface area contributed by atoms with E-state index in [4.69, 9.17) is 0 Å². The first-order valence-electron chi connectivity index (χ1n) is 28.3. The van der Waals surface area contributed by atoms with Gasteiger partial charge in [0.1, 0.15) is 46.7 Å². The normalized spacial score (nSPS) is 14.3. The number of phenols is 1. The second-order valence-electron chi connectivity index (χ2n) is 21.7.